The summed E-state index contributed by atoms with van der Waals surface area (Å²) in [6, 6.07) is 14.6. The van der Waals surface area contributed by atoms with Gasteiger partial charge in [-0.05, 0) is 35.9 Å². The lowest BCUT2D eigenvalue weighted by Crippen LogP contribution is -2.17. The quantitative estimate of drug-likeness (QED) is 0.729. The molecule has 1 heterocycles. The molecule has 3 aromatic rings. The van der Waals surface area contributed by atoms with E-state index in [4.69, 9.17) is 17.3 Å². The lowest BCUT2D eigenvalue weighted by atomic mass is 10.1. The van der Waals surface area contributed by atoms with E-state index >= 15 is 0 Å². The maximum absolute atomic E-state index is 12.0. The van der Waals surface area contributed by atoms with Gasteiger partial charge >= 0.3 is 5.69 Å². The van der Waals surface area contributed by atoms with Crippen LogP contribution in [0.1, 0.15) is 11.4 Å². The van der Waals surface area contributed by atoms with Crippen LogP contribution in [0.15, 0.2) is 53.3 Å². The van der Waals surface area contributed by atoms with Gasteiger partial charge in [0.15, 0.2) is 0 Å². The van der Waals surface area contributed by atoms with Crippen LogP contribution in [0.25, 0.3) is 5.69 Å². The number of nitrogen functional groups attached to an aromatic ring is 1. The summed E-state index contributed by atoms with van der Waals surface area (Å²) in [7, 11) is 0. The van der Waals surface area contributed by atoms with E-state index in [-0.39, 0.29) is 5.69 Å². The van der Waals surface area contributed by atoms with E-state index in [1.54, 1.807) is 18.2 Å². The Morgan fingerprint density at radius 1 is 1.19 bits per heavy atom. The zero-order valence-electron chi connectivity index (χ0n) is 11.1. The first-order chi connectivity index (χ1) is 10.1. The van der Waals surface area contributed by atoms with Gasteiger partial charge in [0.05, 0.1) is 5.69 Å². The van der Waals surface area contributed by atoms with Crippen molar-refractivity contribution in [3.05, 3.63) is 75.4 Å². The first-order valence-electron chi connectivity index (χ1n) is 6.40. The number of hydrogen-bond donors (Lipinski definition) is 2. The molecule has 0 spiro atoms. The Morgan fingerprint density at radius 2 is 2.00 bits per heavy atom. The molecule has 21 heavy (non-hydrogen) atoms. The van der Waals surface area contributed by atoms with Gasteiger partial charge in [0.2, 0.25) is 0 Å². The first kappa shape index (κ1) is 13.5. The Balaban J connectivity index is 2.03. The first-order valence-corrected chi connectivity index (χ1v) is 6.78. The van der Waals surface area contributed by atoms with Crippen LogP contribution in [0.5, 0.6) is 0 Å². The fraction of sp³-hybridized carbons (Fsp3) is 0.0667. The Hall–Kier alpha value is -2.53. The zero-order chi connectivity index (χ0) is 14.8. The highest BCUT2D eigenvalue weighted by Crippen LogP contribution is 2.16. The predicted octanol–water partition coefficient (Wildman–Crippen LogP) is 2.39. The molecule has 0 aliphatic heterocycles. The highest BCUT2D eigenvalue weighted by Gasteiger charge is 2.11. The van der Waals surface area contributed by atoms with Crippen molar-refractivity contribution in [1.82, 2.24) is 14.8 Å². The number of benzene rings is 2. The number of hydrogen-bond acceptors (Lipinski definition) is 3. The van der Waals surface area contributed by atoms with Crippen molar-refractivity contribution < 1.29 is 0 Å². The number of nitrogens with zero attached hydrogens (tertiary/aromatic N) is 2. The summed E-state index contributed by atoms with van der Waals surface area (Å²) in [5.41, 5.74) is 7.82. The van der Waals surface area contributed by atoms with E-state index in [1.807, 2.05) is 30.3 Å². The normalized spacial score (nSPS) is 10.7. The van der Waals surface area contributed by atoms with Crippen molar-refractivity contribution in [3.8, 4) is 5.69 Å². The number of H-pyrrole nitrogens is 1. The molecule has 6 heteroatoms. The van der Waals surface area contributed by atoms with Gasteiger partial charge in [0, 0.05) is 17.1 Å². The van der Waals surface area contributed by atoms with Crippen LogP contribution in [0.2, 0.25) is 5.02 Å². The molecular weight excluding hydrogens is 288 g/mol. The smallest absolute Gasteiger partial charge is 0.347 e. The molecule has 2 aromatic carbocycles. The summed E-state index contributed by atoms with van der Waals surface area (Å²) in [4.78, 5) is 12.0. The Morgan fingerprint density at radius 3 is 2.76 bits per heavy atom. The van der Waals surface area contributed by atoms with Gasteiger partial charge in [-0.25, -0.2) is 14.5 Å². The van der Waals surface area contributed by atoms with Crippen molar-refractivity contribution in [2.45, 2.75) is 6.42 Å². The summed E-state index contributed by atoms with van der Waals surface area (Å²) in [5, 5.41) is 7.13. The van der Waals surface area contributed by atoms with Gasteiger partial charge in [0.1, 0.15) is 5.82 Å². The number of nitrogens with one attached hydrogen (secondary N) is 1. The van der Waals surface area contributed by atoms with E-state index in [2.05, 4.69) is 10.2 Å². The van der Waals surface area contributed by atoms with E-state index < -0.39 is 0 Å². The average molecular weight is 301 g/mol. The van der Waals surface area contributed by atoms with Crippen molar-refractivity contribution in [3.63, 3.8) is 0 Å². The minimum absolute atomic E-state index is 0.295. The second-order valence-electron chi connectivity index (χ2n) is 4.68. The van der Waals surface area contributed by atoms with Crippen LogP contribution < -0.4 is 11.4 Å². The molecule has 0 unspecified atom stereocenters. The lowest BCUT2D eigenvalue weighted by molar-refractivity contribution is 0.893. The number of aromatic amines is 1. The molecule has 0 saturated carbocycles. The third-order valence-corrected chi connectivity index (χ3v) is 3.36. The second-order valence-corrected chi connectivity index (χ2v) is 5.12. The third kappa shape index (κ3) is 2.83. The van der Waals surface area contributed by atoms with Crippen LogP contribution >= 0.6 is 11.6 Å². The van der Waals surface area contributed by atoms with Crippen LogP contribution in [-0.2, 0) is 6.42 Å². The van der Waals surface area contributed by atoms with Crippen LogP contribution in [0, 0.1) is 0 Å². The molecule has 5 nitrogen and oxygen atoms in total. The van der Waals surface area contributed by atoms with Gasteiger partial charge < -0.3 is 5.73 Å². The van der Waals surface area contributed by atoms with Crippen LogP contribution in [-0.4, -0.2) is 14.8 Å². The van der Waals surface area contributed by atoms with E-state index in [0.29, 0.717) is 28.6 Å². The fourth-order valence-corrected chi connectivity index (χ4v) is 2.40. The summed E-state index contributed by atoms with van der Waals surface area (Å²) < 4.78 is 1.51. The monoisotopic (exact) mass is 300 g/mol. The fourth-order valence-electron chi connectivity index (χ4n) is 2.22. The number of halogens is 1. The molecule has 0 radical (unpaired) electrons. The second kappa shape index (κ2) is 5.46. The Bertz CT molecular complexity index is 837. The van der Waals surface area contributed by atoms with Crippen molar-refractivity contribution >= 4 is 17.3 Å². The summed E-state index contributed by atoms with van der Waals surface area (Å²) in [6.07, 6.45) is 0.496. The predicted molar refractivity (Wildman–Crippen MR) is 82.9 cm³/mol. The minimum atomic E-state index is -0.295. The largest absolute Gasteiger partial charge is 0.399 e. The zero-order valence-corrected chi connectivity index (χ0v) is 11.8. The number of nitrogens with two attached hydrogens (primary N) is 1. The molecule has 106 valence electrons. The van der Waals surface area contributed by atoms with Gasteiger partial charge in [0.25, 0.3) is 0 Å². The Kier molecular flexibility index (Phi) is 3.50. The molecule has 0 saturated heterocycles. The number of aromatic nitrogens is 3. The maximum atomic E-state index is 12.0. The number of rotatable bonds is 3. The summed E-state index contributed by atoms with van der Waals surface area (Å²) in [6.45, 7) is 0. The molecule has 0 bridgehead atoms. The molecular formula is C15H13ClN4O. The topological polar surface area (TPSA) is 76.7 Å². The van der Waals surface area contributed by atoms with Gasteiger partial charge in [-0.3, -0.25) is 0 Å². The number of anilines is 1. The molecule has 3 N–H and O–H groups in total. The molecule has 3 rings (SSSR count). The van der Waals surface area contributed by atoms with Gasteiger partial charge in [-0.15, -0.1) is 0 Å². The van der Waals surface area contributed by atoms with Gasteiger partial charge in [-0.2, -0.15) is 5.10 Å². The molecule has 0 aliphatic carbocycles. The van der Waals surface area contributed by atoms with E-state index in [0.717, 1.165) is 5.56 Å². The van der Waals surface area contributed by atoms with Gasteiger partial charge in [-0.1, -0.05) is 29.8 Å². The highest BCUT2D eigenvalue weighted by atomic mass is 35.5. The molecule has 0 amide bonds. The summed E-state index contributed by atoms with van der Waals surface area (Å²) in [5.74, 6) is 0.605. The molecule has 0 aliphatic rings. The average Bonchev–Trinajstić information content (AvgIpc) is 2.80. The van der Waals surface area contributed by atoms with Crippen molar-refractivity contribution in [2.75, 3.05) is 5.73 Å². The molecule has 0 fully saturated rings. The summed E-state index contributed by atoms with van der Waals surface area (Å²) >= 11 is 5.98. The van der Waals surface area contributed by atoms with Crippen LogP contribution in [0.3, 0.4) is 0 Å². The Labute approximate surface area is 126 Å². The maximum Gasteiger partial charge on any atom is 0.347 e. The van der Waals surface area contributed by atoms with Crippen molar-refractivity contribution in [1.29, 1.82) is 0 Å². The molecule has 0 atom stereocenters. The van der Waals surface area contributed by atoms with E-state index in [9.17, 15) is 4.79 Å². The minimum Gasteiger partial charge on any atom is -0.399 e. The third-order valence-electron chi connectivity index (χ3n) is 3.12. The lowest BCUT2D eigenvalue weighted by Gasteiger charge is -2.06. The SMILES string of the molecule is Nc1cccc(Cc2n[nH]c(=O)n2-c2cccc(Cl)c2)c1. The highest BCUT2D eigenvalue weighted by molar-refractivity contribution is 6.30. The molecule has 1 aromatic heterocycles. The van der Waals surface area contributed by atoms with Crippen molar-refractivity contribution in [2.24, 2.45) is 0 Å². The van der Waals surface area contributed by atoms with E-state index in [1.165, 1.54) is 4.57 Å². The van der Waals surface area contributed by atoms with Crippen LogP contribution in [0.4, 0.5) is 5.69 Å². The standard InChI is InChI=1S/C15H13ClN4O/c16-11-4-2-6-13(9-11)20-14(18-19-15(20)21)8-10-3-1-5-12(17)7-10/h1-7,9H,8,17H2,(H,19,21).